The number of phosphoric ester groups is 1. The number of aliphatic hydroxyl groups is 1. The van der Waals surface area contributed by atoms with E-state index >= 15 is 0 Å². The maximum absolute atomic E-state index is 12.4. The van der Waals surface area contributed by atoms with Gasteiger partial charge in [-0.3, -0.25) is 14.1 Å². The zero-order chi connectivity index (χ0) is 38.5. The van der Waals surface area contributed by atoms with Crippen LogP contribution in [-0.2, 0) is 28.2 Å². The van der Waals surface area contributed by atoms with Crippen LogP contribution in [0.1, 0.15) is 162 Å². The lowest BCUT2D eigenvalue weighted by Crippen LogP contribution is -2.29. The Bertz CT molecular complexity index is 1060. The third-order valence-corrected chi connectivity index (χ3v) is 8.79. The molecule has 0 amide bonds. The predicted octanol–water partition coefficient (Wildman–Crippen LogP) is 11.0. The highest BCUT2D eigenvalue weighted by atomic mass is 31.2. The minimum Gasteiger partial charge on any atom is -0.462 e. The molecule has 0 heterocycles. The van der Waals surface area contributed by atoms with Gasteiger partial charge in [-0.1, -0.05) is 165 Å². The fraction of sp³-hybridized carbons (Fsp3) is 0.714. The molecule has 0 aromatic carbocycles. The maximum Gasteiger partial charge on any atom is 0.469 e. The molecule has 9 nitrogen and oxygen atoms in total. The van der Waals surface area contributed by atoms with Gasteiger partial charge in [-0.25, -0.2) is 4.57 Å². The lowest BCUT2D eigenvalue weighted by molar-refractivity contribution is -0.161. The van der Waals surface area contributed by atoms with Crippen molar-refractivity contribution in [2.24, 2.45) is 5.92 Å². The van der Waals surface area contributed by atoms with E-state index in [1.54, 1.807) is 0 Å². The summed E-state index contributed by atoms with van der Waals surface area (Å²) in [5.74, 6) is -0.159. The van der Waals surface area contributed by atoms with E-state index in [2.05, 4.69) is 30.5 Å². The second-order valence-electron chi connectivity index (χ2n) is 13.9. The quantitative estimate of drug-likeness (QED) is 0.0190. The number of phosphoric acid groups is 1. The minimum absolute atomic E-state index is 0.114. The van der Waals surface area contributed by atoms with E-state index < -0.39 is 38.6 Å². The highest BCUT2D eigenvalue weighted by Crippen LogP contribution is 2.36. The first-order valence-electron chi connectivity index (χ1n) is 20.0. The first kappa shape index (κ1) is 49.7. The third kappa shape index (κ3) is 38.9. The lowest BCUT2D eigenvalue weighted by atomic mass is 10.0. The Morgan fingerprint density at radius 2 is 1.19 bits per heavy atom. The third-order valence-electron chi connectivity index (χ3n) is 8.30. The Labute approximate surface area is 316 Å². The van der Waals surface area contributed by atoms with Crippen molar-refractivity contribution in [2.45, 2.75) is 174 Å². The van der Waals surface area contributed by atoms with E-state index in [-0.39, 0.29) is 19.4 Å². The standard InChI is InChI=1S/C42H73O9P/c1-4-5-32-39(43)33-28-24-20-16-12-9-10-14-18-22-26-30-35-42(45)51-40(37-50-52(46,47)48)36-49-41(44)34-29-25-21-17-13-8-6-7-11-15-19-23-27-31-38(2)3/h5,9-10,16,18,20,22,24,28,32,38-40,43H,4,6-8,11-15,17,19,21,23,25-27,29-31,33-37H2,1-3H3,(H2,46,47,48)/b10-9-,20-16-,22-18-,28-24+,32-5-/t39?,40-/m1/s1. The number of carbonyl (C=O) groups is 2. The number of hydrogen-bond donors (Lipinski definition) is 3. The Balaban J connectivity index is 4.08. The van der Waals surface area contributed by atoms with Gasteiger partial charge in [-0.05, 0) is 50.9 Å². The van der Waals surface area contributed by atoms with Gasteiger partial charge in [0.1, 0.15) is 6.61 Å². The van der Waals surface area contributed by atoms with Crippen molar-refractivity contribution in [3.8, 4) is 0 Å². The van der Waals surface area contributed by atoms with E-state index in [1.807, 2.05) is 55.5 Å². The van der Waals surface area contributed by atoms with Gasteiger partial charge in [-0.15, -0.1) is 0 Å². The van der Waals surface area contributed by atoms with Gasteiger partial charge < -0.3 is 24.4 Å². The van der Waals surface area contributed by atoms with Crippen molar-refractivity contribution in [3.63, 3.8) is 0 Å². The minimum atomic E-state index is -4.78. The second-order valence-corrected chi connectivity index (χ2v) is 15.2. The summed E-state index contributed by atoms with van der Waals surface area (Å²) >= 11 is 0. The van der Waals surface area contributed by atoms with Crippen LogP contribution in [-0.4, -0.2) is 52.3 Å². The molecule has 0 fully saturated rings. The van der Waals surface area contributed by atoms with Crippen LogP contribution in [0.5, 0.6) is 0 Å². The summed E-state index contributed by atoms with van der Waals surface area (Å²) in [5.41, 5.74) is 0. The molecule has 0 bridgehead atoms. The normalized spacial score (nSPS) is 13.8. The van der Waals surface area contributed by atoms with Gasteiger partial charge in [0.25, 0.3) is 0 Å². The van der Waals surface area contributed by atoms with Crippen molar-refractivity contribution >= 4 is 19.8 Å². The smallest absolute Gasteiger partial charge is 0.462 e. The molecule has 1 unspecified atom stereocenters. The number of aliphatic hydroxyl groups excluding tert-OH is 1. The molecular weight excluding hydrogens is 679 g/mol. The number of carbonyl (C=O) groups excluding carboxylic acids is 2. The van der Waals surface area contributed by atoms with Crippen LogP contribution in [0.2, 0.25) is 0 Å². The number of ether oxygens (including phenoxy) is 2. The van der Waals surface area contributed by atoms with Crippen LogP contribution in [0, 0.1) is 5.92 Å². The van der Waals surface area contributed by atoms with Crippen LogP contribution in [0.25, 0.3) is 0 Å². The summed E-state index contributed by atoms with van der Waals surface area (Å²) in [5, 5.41) is 9.73. The van der Waals surface area contributed by atoms with Crippen LogP contribution in [0.4, 0.5) is 0 Å². The van der Waals surface area contributed by atoms with Crippen molar-refractivity contribution < 1.29 is 43.0 Å². The van der Waals surface area contributed by atoms with Crippen molar-refractivity contribution in [1.82, 2.24) is 0 Å². The Morgan fingerprint density at radius 3 is 1.79 bits per heavy atom. The molecule has 0 saturated carbocycles. The molecule has 0 aliphatic carbocycles. The number of allylic oxidation sites excluding steroid dienone is 8. The summed E-state index contributed by atoms with van der Waals surface area (Å²) in [7, 11) is -4.78. The zero-order valence-electron chi connectivity index (χ0n) is 32.7. The fourth-order valence-electron chi connectivity index (χ4n) is 5.32. The molecule has 2 atom stereocenters. The molecule has 300 valence electrons. The van der Waals surface area contributed by atoms with E-state index in [0.29, 0.717) is 25.7 Å². The number of hydrogen-bond acceptors (Lipinski definition) is 7. The average Bonchev–Trinajstić information content (AvgIpc) is 3.09. The molecule has 10 heteroatoms. The monoisotopic (exact) mass is 752 g/mol. The Hall–Kier alpha value is -2.29. The lowest BCUT2D eigenvalue weighted by Gasteiger charge is -2.18. The number of unbranched alkanes of at least 4 members (excludes halogenated alkanes) is 13. The average molecular weight is 753 g/mol. The molecule has 3 N–H and O–H groups in total. The van der Waals surface area contributed by atoms with Crippen LogP contribution < -0.4 is 0 Å². The molecule has 52 heavy (non-hydrogen) atoms. The fourth-order valence-corrected chi connectivity index (χ4v) is 5.68. The summed E-state index contributed by atoms with van der Waals surface area (Å²) in [4.78, 5) is 42.8. The van der Waals surface area contributed by atoms with Crippen LogP contribution in [0.3, 0.4) is 0 Å². The van der Waals surface area contributed by atoms with Gasteiger partial charge in [0, 0.05) is 12.8 Å². The van der Waals surface area contributed by atoms with Crippen molar-refractivity contribution in [3.05, 3.63) is 60.8 Å². The predicted molar refractivity (Wildman–Crippen MR) is 213 cm³/mol. The van der Waals surface area contributed by atoms with Gasteiger partial charge in [0.05, 0.1) is 12.7 Å². The molecule has 0 spiro atoms. The molecular formula is C42H73O9P. The van der Waals surface area contributed by atoms with E-state index in [1.165, 1.54) is 64.2 Å². The summed E-state index contributed by atoms with van der Waals surface area (Å²) in [6.07, 6.45) is 40.1. The van der Waals surface area contributed by atoms with Gasteiger partial charge >= 0.3 is 19.8 Å². The Kier molecular flexibility index (Phi) is 34.2. The van der Waals surface area contributed by atoms with Crippen molar-refractivity contribution in [1.29, 1.82) is 0 Å². The molecule has 0 aliphatic rings. The first-order valence-corrected chi connectivity index (χ1v) is 21.6. The summed E-state index contributed by atoms with van der Waals surface area (Å²) in [6.45, 7) is 5.73. The van der Waals surface area contributed by atoms with Gasteiger partial charge in [-0.2, -0.15) is 0 Å². The first-order chi connectivity index (χ1) is 25.0. The van der Waals surface area contributed by atoms with Crippen LogP contribution >= 0.6 is 7.82 Å². The second kappa shape index (κ2) is 35.7. The topological polar surface area (TPSA) is 140 Å². The zero-order valence-corrected chi connectivity index (χ0v) is 33.6. The summed E-state index contributed by atoms with van der Waals surface area (Å²) in [6, 6.07) is 0. The SMILES string of the molecule is CC/C=C\C(O)C/C=C/C=C\C/C=C\C/C=C\CCCC(=O)O[C@H](COC(=O)CCCCCCCCCCCCCCCC(C)C)COP(=O)(O)O. The van der Waals surface area contributed by atoms with E-state index in [0.717, 1.165) is 44.4 Å². The van der Waals surface area contributed by atoms with E-state index in [4.69, 9.17) is 19.3 Å². The highest BCUT2D eigenvalue weighted by Gasteiger charge is 2.22. The molecule has 0 aliphatic heterocycles. The Morgan fingerprint density at radius 1 is 0.654 bits per heavy atom. The van der Waals surface area contributed by atoms with Crippen LogP contribution in [0.15, 0.2) is 60.8 Å². The molecule has 0 radical (unpaired) electrons. The summed E-state index contributed by atoms with van der Waals surface area (Å²) < 4.78 is 26.3. The molecule has 0 aromatic heterocycles. The number of rotatable bonds is 35. The van der Waals surface area contributed by atoms with Gasteiger partial charge in [0.15, 0.2) is 6.10 Å². The molecule has 0 rings (SSSR count). The highest BCUT2D eigenvalue weighted by molar-refractivity contribution is 7.46. The number of esters is 2. The van der Waals surface area contributed by atoms with Crippen molar-refractivity contribution in [2.75, 3.05) is 13.2 Å². The largest absolute Gasteiger partial charge is 0.469 e. The molecule has 0 saturated heterocycles. The molecule has 0 aromatic rings. The van der Waals surface area contributed by atoms with Gasteiger partial charge in [0.2, 0.25) is 0 Å². The maximum atomic E-state index is 12.4. The van der Waals surface area contributed by atoms with E-state index in [9.17, 15) is 19.3 Å².